The number of guanidine groups is 1. The van der Waals surface area contributed by atoms with Gasteiger partial charge in [-0.1, -0.05) is 18.2 Å². The molecule has 0 saturated heterocycles. The molecule has 0 saturated carbocycles. The number of aryl methyl sites for hydroxylation is 1. The minimum absolute atomic E-state index is 0.522. The van der Waals surface area contributed by atoms with Crippen molar-refractivity contribution in [2.24, 2.45) is 17.9 Å². The summed E-state index contributed by atoms with van der Waals surface area (Å²) >= 11 is 0. The summed E-state index contributed by atoms with van der Waals surface area (Å²) in [5.74, 6) is 6.84. The van der Waals surface area contributed by atoms with E-state index in [-0.39, 0.29) is 0 Å². The number of aromatic nitrogens is 3. The van der Waals surface area contributed by atoms with Gasteiger partial charge in [0, 0.05) is 25.7 Å². The zero-order chi connectivity index (χ0) is 13.5. The quantitative estimate of drug-likeness (QED) is 0.317. The third-order valence-corrected chi connectivity index (χ3v) is 2.58. The fraction of sp³-hybridized carbons (Fsp3) is 0.250. The third-order valence-electron chi connectivity index (χ3n) is 2.58. The van der Waals surface area contributed by atoms with Gasteiger partial charge in [-0.25, -0.2) is 5.84 Å². The van der Waals surface area contributed by atoms with Gasteiger partial charge in [0.15, 0.2) is 0 Å². The molecule has 7 nitrogen and oxygen atoms in total. The van der Waals surface area contributed by atoms with Gasteiger partial charge in [0.25, 0.3) is 0 Å². The van der Waals surface area contributed by atoms with Gasteiger partial charge in [0.1, 0.15) is 12.2 Å². The Kier molecular flexibility index (Phi) is 4.46. The van der Waals surface area contributed by atoms with Gasteiger partial charge in [-0.3, -0.25) is 10.4 Å². The van der Waals surface area contributed by atoms with Gasteiger partial charge in [-0.2, -0.15) is 0 Å². The van der Waals surface area contributed by atoms with Crippen molar-refractivity contribution in [1.29, 1.82) is 0 Å². The van der Waals surface area contributed by atoms with E-state index >= 15 is 0 Å². The molecule has 0 spiro atoms. The summed E-state index contributed by atoms with van der Waals surface area (Å²) in [6.45, 7) is 0.575. The van der Waals surface area contributed by atoms with E-state index in [9.17, 15) is 0 Å². The lowest BCUT2D eigenvalue weighted by Crippen LogP contribution is -2.36. The summed E-state index contributed by atoms with van der Waals surface area (Å²) < 4.78 is 1.87. The summed E-state index contributed by atoms with van der Waals surface area (Å²) in [7, 11) is 1.91. The first kappa shape index (κ1) is 13.0. The molecule has 2 rings (SSSR count). The van der Waals surface area contributed by atoms with E-state index in [0.717, 1.165) is 11.5 Å². The average Bonchev–Trinajstić information content (AvgIpc) is 2.84. The van der Waals surface area contributed by atoms with Crippen molar-refractivity contribution < 1.29 is 0 Å². The Hall–Kier alpha value is -2.41. The Balaban J connectivity index is 1.91. The second-order valence-corrected chi connectivity index (χ2v) is 3.97. The number of anilines is 1. The van der Waals surface area contributed by atoms with Crippen LogP contribution in [0.1, 0.15) is 5.82 Å². The van der Waals surface area contributed by atoms with Crippen LogP contribution in [0.5, 0.6) is 0 Å². The molecular formula is C12H17N7. The third kappa shape index (κ3) is 3.78. The number of nitrogens with zero attached hydrogens (tertiary/aromatic N) is 4. The van der Waals surface area contributed by atoms with Gasteiger partial charge in [0.05, 0.1) is 0 Å². The zero-order valence-electron chi connectivity index (χ0n) is 10.7. The highest BCUT2D eigenvalue weighted by Gasteiger charge is 2.01. The molecule has 0 unspecified atom stereocenters. The molecular weight excluding hydrogens is 242 g/mol. The molecule has 0 aliphatic carbocycles. The highest BCUT2D eigenvalue weighted by Crippen LogP contribution is 2.04. The smallest absolute Gasteiger partial charge is 0.210 e. The first-order valence-corrected chi connectivity index (χ1v) is 5.95. The standard InChI is InChI=1S/C12H17N7/c1-19-9-15-18-11(19)7-8-14-12(17-13)16-10-5-3-2-4-6-10/h2-6,9H,7-8,13H2,1H3,(H2,14,16,17). The second kappa shape index (κ2) is 6.50. The van der Waals surface area contributed by atoms with E-state index in [0.29, 0.717) is 18.9 Å². The van der Waals surface area contributed by atoms with Crippen molar-refractivity contribution in [1.82, 2.24) is 20.2 Å². The van der Waals surface area contributed by atoms with E-state index in [4.69, 9.17) is 5.84 Å². The fourth-order valence-electron chi connectivity index (χ4n) is 1.58. The lowest BCUT2D eigenvalue weighted by Gasteiger charge is -2.08. The Morgan fingerprint density at radius 1 is 1.37 bits per heavy atom. The van der Waals surface area contributed by atoms with Crippen LogP contribution in [0.15, 0.2) is 41.7 Å². The SMILES string of the molecule is Cn1cnnc1CCN=C(NN)Nc1ccccc1. The van der Waals surface area contributed by atoms with Crippen LogP contribution in [0.3, 0.4) is 0 Å². The molecule has 0 amide bonds. The number of nitrogens with two attached hydrogens (primary N) is 1. The van der Waals surface area contributed by atoms with Crippen molar-refractivity contribution in [3.8, 4) is 0 Å². The highest BCUT2D eigenvalue weighted by atomic mass is 15.3. The van der Waals surface area contributed by atoms with Crippen molar-refractivity contribution >= 4 is 11.6 Å². The number of hydrogen-bond donors (Lipinski definition) is 3. The minimum Gasteiger partial charge on any atom is -0.325 e. The highest BCUT2D eigenvalue weighted by molar-refractivity contribution is 5.93. The Bertz CT molecular complexity index is 532. The van der Waals surface area contributed by atoms with Gasteiger partial charge in [0.2, 0.25) is 5.96 Å². The maximum absolute atomic E-state index is 5.43. The maximum atomic E-state index is 5.43. The lowest BCUT2D eigenvalue weighted by molar-refractivity contribution is 0.774. The summed E-state index contributed by atoms with van der Waals surface area (Å²) in [5, 5.41) is 10.9. The fourth-order valence-corrected chi connectivity index (χ4v) is 1.58. The number of rotatable bonds is 4. The zero-order valence-corrected chi connectivity index (χ0v) is 10.7. The molecule has 0 aliphatic rings. The van der Waals surface area contributed by atoms with E-state index in [1.165, 1.54) is 0 Å². The van der Waals surface area contributed by atoms with Gasteiger partial charge < -0.3 is 9.88 Å². The molecule has 1 heterocycles. The molecule has 4 N–H and O–H groups in total. The molecule has 7 heteroatoms. The van der Waals surface area contributed by atoms with Crippen molar-refractivity contribution in [3.63, 3.8) is 0 Å². The number of hydrazine groups is 1. The molecule has 0 fully saturated rings. The van der Waals surface area contributed by atoms with E-state index in [2.05, 4.69) is 25.9 Å². The van der Waals surface area contributed by atoms with Crippen LogP contribution in [0.2, 0.25) is 0 Å². The van der Waals surface area contributed by atoms with Crippen molar-refractivity contribution in [2.45, 2.75) is 6.42 Å². The first-order chi connectivity index (χ1) is 9.29. The predicted molar refractivity (Wildman–Crippen MR) is 74.4 cm³/mol. The van der Waals surface area contributed by atoms with E-state index < -0.39 is 0 Å². The van der Waals surface area contributed by atoms with Crippen LogP contribution >= 0.6 is 0 Å². The van der Waals surface area contributed by atoms with E-state index in [1.807, 2.05) is 41.9 Å². The Labute approximate surface area is 111 Å². The van der Waals surface area contributed by atoms with Gasteiger partial charge in [-0.15, -0.1) is 10.2 Å². The Morgan fingerprint density at radius 2 is 2.16 bits per heavy atom. The number of benzene rings is 1. The van der Waals surface area contributed by atoms with Crippen LogP contribution in [-0.4, -0.2) is 27.3 Å². The molecule has 1 aromatic heterocycles. The average molecular weight is 259 g/mol. The summed E-state index contributed by atoms with van der Waals surface area (Å²) in [6, 6.07) is 9.71. The van der Waals surface area contributed by atoms with Crippen molar-refractivity contribution in [3.05, 3.63) is 42.5 Å². The lowest BCUT2D eigenvalue weighted by atomic mass is 10.3. The molecule has 1 aromatic carbocycles. The monoisotopic (exact) mass is 259 g/mol. The molecule has 100 valence electrons. The second-order valence-electron chi connectivity index (χ2n) is 3.97. The molecule has 0 radical (unpaired) electrons. The molecule has 0 atom stereocenters. The summed E-state index contributed by atoms with van der Waals surface area (Å²) in [6.07, 6.45) is 2.38. The molecule has 0 bridgehead atoms. The number of para-hydroxylation sites is 1. The number of nitrogens with one attached hydrogen (secondary N) is 2. The van der Waals surface area contributed by atoms with Gasteiger partial charge in [-0.05, 0) is 12.1 Å². The first-order valence-electron chi connectivity index (χ1n) is 5.95. The Morgan fingerprint density at radius 3 is 2.79 bits per heavy atom. The van der Waals surface area contributed by atoms with Crippen molar-refractivity contribution in [2.75, 3.05) is 11.9 Å². The molecule has 19 heavy (non-hydrogen) atoms. The predicted octanol–water partition coefficient (Wildman–Crippen LogP) is 0.289. The molecule has 2 aromatic rings. The normalized spacial score (nSPS) is 11.4. The largest absolute Gasteiger partial charge is 0.325 e. The summed E-state index contributed by atoms with van der Waals surface area (Å²) in [4.78, 5) is 4.34. The number of hydrogen-bond acceptors (Lipinski definition) is 4. The van der Waals surface area contributed by atoms with Crippen LogP contribution in [0.4, 0.5) is 5.69 Å². The molecule has 0 aliphatic heterocycles. The van der Waals surface area contributed by atoms with Gasteiger partial charge >= 0.3 is 0 Å². The van der Waals surface area contributed by atoms with Crippen LogP contribution in [-0.2, 0) is 13.5 Å². The van der Waals surface area contributed by atoms with Crippen LogP contribution in [0.25, 0.3) is 0 Å². The topological polar surface area (TPSA) is 93.2 Å². The number of aliphatic imine (C=N–C) groups is 1. The maximum Gasteiger partial charge on any atom is 0.210 e. The van der Waals surface area contributed by atoms with Crippen LogP contribution < -0.4 is 16.6 Å². The van der Waals surface area contributed by atoms with E-state index in [1.54, 1.807) is 6.33 Å². The minimum atomic E-state index is 0.522. The summed E-state index contributed by atoms with van der Waals surface area (Å²) in [5.41, 5.74) is 3.47. The van der Waals surface area contributed by atoms with Crippen LogP contribution in [0, 0.1) is 0 Å².